The molecule has 0 rings (SSSR count). The molecule has 0 bridgehead atoms. The summed E-state index contributed by atoms with van der Waals surface area (Å²) in [5.41, 5.74) is 0. The molecular formula is C5H11Cl. The lowest BCUT2D eigenvalue weighted by Crippen LogP contribution is -1.70. The van der Waals surface area contributed by atoms with Crippen molar-refractivity contribution in [3.63, 3.8) is 0 Å². The van der Waals surface area contributed by atoms with Gasteiger partial charge in [0.2, 0.25) is 0 Å². The fraction of sp³-hybridized carbons (Fsp3) is 1.00. The molecule has 1 unspecified atom stereocenters. The third-order valence-electron chi connectivity index (χ3n) is 0.667. The highest BCUT2D eigenvalue weighted by molar-refractivity contribution is 6.17. The van der Waals surface area contributed by atoms with Crippen LogP contribution in [0.15, 0.2) is 0 Å². The fourth-order valence-corrected chi connectivity index (χ4v) is 0.436. The van der Waals surface area contributed by atoms with Crippen LogP contribution in [0.3, 0.4) is 0 Å². The number of unbranched alkanes of at least 4 members (excludes halogenated alkanes) is 1. The van der Waals surface area contributed by atoms with Crippen molar-refractivity contribution in [2.75, 3.05) is 5.86 Å². The van der Waals surface area contributed by atoms with E-state index < -0.39 is 0 Å². The highest BCUT2D eigenvalue weighted by Gasteiger charge is 1.76. The lowest BCUT2D eigenvalue weighted by atomic mass is 10.3. The van der Waals surface area contributed by atoms with Crippen molar-refractivity contribution in [3.8, 4) is 0 Å². The molecule has 6 heavy (non-hydrogen) atoms. The first-order valence-corrected chi connectivity index (χ1v) is 2.77. The van der Waals surface area contributed by atoms with Gasteiger partial charge in [0.15, 0.2) is 0 Å². The Bertz CT molecular complexity index is 37.1. The molecular weight excluding hydrogens is 95.5 g/mol. The minimum atomic E-state index is -0.375. The zero-order chi connectivity index (χ0) is 5.70. The van der Waals surface area contributed by atoms with E-state index >= 15 is 0 Å². The Hall–Kier alpha value is 0.290. The van der Waals surface area contributed by atoms with Crippen LogP contribution in [0.5, 0.6) is 0 Å². The van der Waals surface area contributed by atoms with Crippen LogP contribution in [-0.4, -0.2) is 5.86 Å². The zero-order valence-corrected chi connectivity index (χ0v) is 4.83. The topological polar surface area (TPSA) is 0 Å². The SMILES string of the molecule is [2H]C(Cl)CCCC. The van der Waals surface area contributed by atoms with Crippen molar-refractivity contribution >= 4 is 11.6 Å². The van der Waals surface area contributed by atoms with Crippen molar-refractivity contribution in [3.05, 3.63) is 0 Å². The van der Waals surface area contributed by atoms with E-state index in [0.717, 1.165) is 19.3 Å². The minimum Gasteiger partial charge on any atom is -0.127 e. The number of rotatable bonds is 3. The lowest BCUT2D eigenvalue weighted by molar-refractivity contribution is 0.776. The quantitative estimate of drug-likeness (QED) is 0.486. The molecule has 0 aliphatic rings. The Labute approximate surface area is 45.9 Å². The van der Waals surface area contributed by atoms with E-state index in [1.807, 2.05) is 0 Å². The van der Waals surface area contributed by atoms with Crippen LogP contribution in [0.2, 0.25) is 0 Å². The van der Waals surface area contributed by atoms with E-state index in [0.29, 0.717) is 0 Å². The van der Waals surface area contributed by atoms with Crippen LogP contribution in [0.25, 0.3) is 0 Å². The van der Waals surface area contributed by atoms with Crippen LogP contribution in [0, 0.1) is 0 Å². The van der Waals surface area contributed by atoms with Crippen LogP contribution < -0.4 is 0 Å². The zero-order valence-electron chi connectivity index (χ0n) is 5.08. The van der Waals surface area contributed by atoms with Gasteiger partial charge in [-0.15, -0.1) is 11.6 Å². The molecule has 0 aromatic heterocycles. The summed E-state index contributed by atoms with van der Waals surface area (Å²) < 4.78 is 6.85. The van der Waals surface area contributed by atoms with Crippen molar-refractivity contribution in [2.45, 2.75) is 26.2 Å². The molecule has 1 atom stereocenters. The Balaban J connectivity index is 2.68. The molecule has 38 valence electrons. The number of hydrogen-bond donors (Lipinski definition) is 0. The summed E-state index contributed by atoms with van der Waals surface area (Å²) in [5, 5.41) is 0. The first kappa shape index (κ1) is 4.45. The number of alkyl halides is 1. The average Bonchev–Trinajstić information content (AvgIpc) is 1.61. The summed E-state index contributed by atoms with van der Waals surface area (Å²) in [5.74, 6) is -0.375. The molecule has 0 N–H and O–H groups in total. The van der Waals surface area contributed by atoms with Gasteiger partial charge in [0.05, 0.1) is 0 Å². The highest BCUT2D eigenvalue weighted by Crippen LogP contribution is 1.93. The molecule has 0 fully saturated rings. The van der Waals surface area contributed by atoms with Gasteiger partial charge in [-0.25, -0.2) is 0 Å². The van der Waals surface area contributed by atoms with Gasteiger partial charge in [-0.2, -0.15) is 0 Å². The average molecular weight is 108 g/mol. The maximum atomic E-state index is 6.85. The maximum Gasteiger partial charge on any atom is 0.0435 e. The van der Waals surface area contributed by atoms with Crippen LogP contribution in [-0.2, 0) is 0 Å². The Morgan fingerprint density at radius 1 is 1.67 bits per heavy atom. The van der Waals surface area contributed by atoms with E-state index in [9.17, 15) is 0 Å². The van der Waals surface area contributed by atoms with Gasteiger partial charge in [-0.1, -0.05) is 19.8 Å². The molecule has 0 spiro atoms. The van der Waals surface area contributed by atoms with Crippen molar-refractivity contribution in [1.29, 1.82) is 0 Å². The largest absolute Gasteiger partial charge is 0.127 e. The number of halogens is 1. The van der Waals surface area contributed by atoms with Crippen LogP contribution >= 0.6 is 11.6 Å². The molecule has 0 saturated heterocycles. The van der Waals surface area contributed by atoms with Gasteiger partial charge >= 0.3 is 0 Å². The molecule has 0 saturated carbocycles. The molecule has 0 radical (unpaired) electrons. The first-order chi connectivity index (χ1) is 3.27. The van der Waals surface area contributed by atoms with Gasteiger partial charge < -0.3 is 0 Å². The minimum absolute atomic E-state index is 0.375. The van der Waals surface area contributed by atoms with Crippen LogP contribution in [0.4, 0.5) is 0 Å². The Morgan fingerprint density at radius 3 is 2.50 bits per heavy atom. The Kier molecular flexibility index (Phi) is 3.92. The maximum absolute atomic E-state index is 6.85. The second kappa shape index (κ2) is 5.29. The molecule has 0 nitrogen and oxygen atoms in total. The van der Waals surface area contributed by atoms with E-state index in [1.54, 1.807) is 0 Å². The van der Waals surface area contributed by atoms with Gasteiger partial charge in [-0.3, -0.25) is 0 Å². The summed E-state index contributed by atoms with van der Waals surface area (Å²) in [7, 11) is 0. The van der Waals surface area contributed by atoms with E-state index in [1.165, 1.54) is 0 Å². The summed E-state index contributed by atoms with van der Waals surface area (Å²) in [6, 6.07) is 0. The van der Waals surface area contributed by atoms with E-state index in [2.05, 4.69) is 6.92 Å². The summed E-state index contributed by atoms with van der Waals surface area (Å²) in [6.45, 7) is 2.10. The summed E-state index contributed by atoms with van der Waals surface area (Å²) in [6.07, 6.45) is 3.05. The first-order valence-electron chi connectivity index (χ1n) is 2.91. The molecule has 0 aromatic carbocycles. The van der Waals surface area contributed by atoms with Crippen molar-refractivity contribution in [2.24, 2.45) is 0 Å². The van der Waals surface area contributed by atoms with Crippen molar-refractivity contribution < 1.29 is 1.37 Å². The number of hydrogen-bond acceptors (Lipinski definition) is 0. The molecule has 1 heteroatoms. The summed E-state index contributed by atoms with van der Waals surface area (Å²) in [4.78, 5) is 0. The van der Waals surface area contributed by atoms with Crippen molar-refractivity contribution in [1.82, 2.24) is 0 Å². The third kappa shape index (κ3) is 4.29. The Morgan fingerprint density at radius 2 is 2.33 bits per heavy atom. The standard InChI is InChI=1S/C5H11Cl/c1-2-3-4-5-6/h2-5H2,1H3/i5D. The molecule has 0 aliphatic carbocycles. The smallest absolute Gasteiger partial charge is 0.0435 e. The van der Waals surface area contributed by atoms with Crippen LogP contribution in [0.1, 0.15) is 27.6 Å². The highest BCUT2D eigenvalue weighted by atomic mass is 35.5. The monoisotopic (exact) mass is 107 g/mol. The lowest BCUT2D eigenvalue weighted by Gasteiger charge is -1.84. The second-order valence-electron chi connectivity index (χ2n) is 1.30. The fourth-order valence-electron chi connectivity index (χ4n) is 0.281. The van der Waals surface area contributed by atoms with Gasteiger partial charge in [0, 0.05) is 7.23 Å². The molecule has 0 amide bonds. The van der Waals surface area contributed by atoms with E-state index in [-0.39, 0.29) is 5.86 Å². The summed E-state index contributed by atoms with van der Waals surface area (Å²) >= 11 is 5.32. The van der Waals surface area contributed by atoms with E-state index in [4.69, 9.17) is 13.0 Å². The molecule has 0 aromatic rings. The van der Waals surface area contributed by atoms with Gasteiger partial charge in [-0.05, 0) is 6.42 Å². The predicted octanol–water partition coefficient (Wildman–Crippen LogP) is 2.42. The normalized spacial score (nSPS) is 16.7. The predicted molar refractivity (Wildman–Crippen MR) is 30.2 cm³/mol. The van der Waals surface area contributed by atoms with Gasteiger partial charge in [0.25, 0.3) is 0 Å². The second-order valence-corrected chi connectivity index (χ2v) is 1.61. The van der Waals surface area contributed by atoms with Gasteiger partial charge in [0.1, 0.15) is 0 Å². The molecule has 0 aliphatic heterocycles. The third-order valence-corrected chi connectivity index (χ3v) is 0.885. The molecule has 0 heterocycles.